The molecule has 0 aromatic carbocycles. The van der Waals surface area contributed by atoms with Gasteiger partial charge in [-0.25, -0.2) is 4.98 Å². The summed E-state index contributed by atoms with van der Waals surface area (Å²) in [7, 11) is 5.45. The van der Waals surface area contributed by atoms with E-state index in [0.29, 0.717) is 5.59 Å². The number of aryl methyl sites for hydroxylation is 1. The van der Waals surface area contributed by atoms with Crippen LogP contribution in [0.5, 0.6) is 0 Å². The van der Waals surface area contributed by atoms with Crippen LogP contribution in [0.4, 0.5) is 0 Å². The van der Waals surface area contributed by atoms with Crippen LogP contribution in [0, 0.1) is 6.92 Å². The molecule has 0 atom stereocenters. The fraction of sp³-hybridized carbons (Fsp3) is 0.143. The summed E-state index contributed by atoms with van der Waals surface area (Å²) in [6.45, 7) is 1.96. The van der Waals surface area contributed by atoms with Gasteiger partial charge in [0, 0.05) is 17.5 Å². The molecule has 0 unspecified atom stereocenters. The monoisotopic (exact) mass is 143 g/mol. The average molecular weight is 143 g/mol. The third-order valence-corrected chi connectivity index (χ3v) is 1.49. The van der Waals surface area contributed by atoms with Gasteiger partial charge in [0.15, 0.2) is 5.65 Å². The van der Waals surface area contributed by atoms with Crippen molar-refractivity contribution in [3.8, 4) is 0 Å². The summed E-state index contributed by atoms with van der Waals surface area (Å²) in [5.74, 6) is 0. The van der Waals surface area contributed by atoms with Crippen molar-refractivity contribution < 1.29 is 0 Å². The molecular formula is C7H6BN3. The fourth-order valence-corrected chi connectivity index (χ4v) is 1.04. The molecule has 0 aliphatic rings. The lowest BCUT2D eigenvalue weighted by Gasteiger charge is -1.89. The summed E-state index contributed by atoms with van der Waals surface area (Å²) >= 11 is 0. The zero-order valence-electron chi connectivity index (χ0n) is 6.13. The van der Waals surface area contributed by atoms with Gasteiger partial charge in [0.25, 0.3) is 0 Å². The normalized spacial score (nSPS) is 10.6. The van der Waals surface area contributed by atoms with Crippen LogP contribution in [0.1, 0.15) is 5.69 Å². The Morgan fingerprint density at radius 2 is 2.36 bits per heavy atom. The van der Waals surface area contributed by atoms with Crippen LogP contribution in [0.2, 0.25) is 0 Å². The Hall–Kier alpha value is -1.32. The highest BCUT2D eigenvalue weighted by Crippen LogP contribution is 2.06. The summed E-state index contributed by atoms with van der Waals surface area (Å²) in [4.78, 5) is 11.2. The van der Waals surface area contributed by atoms with Gasteiger partial charge in [0.2, 0.25) is 0 Å². The van der Waals surface area contributed by atoms with Gasteiger partial charge in [-0.15, -0.1) is 0 Å². The molecule has 2 aromatic heterocycles. The third kappa shape index (κ3) is 1.00. The highest BCUT2D eigenvalue weighted by Gasteiger charge is 1.98. The second kappa shape index (κ2) is 2.08. The number of aromatic amines is 1. The molecule has 0 saturated carbocycles. The quantitative estimate of drug-likeness (QED) is 0.529. The van der Waals surface area contributed by atoms with E-state index in [-0.39, 0.29) is 0 Å². The van der Waals surface area contributed by atoms with Crippen LogP contribution in [-0.2, 0) is 0 Å². The zero-order valence-corrected chi connectivity index (χ0v) is 6.13. The Labute approximate surface area is 65.3 Å². The van der Waals surface area contributed by atoms with Gasteiger partial charge in [0.05, 0.1) is 0 Å². The first-order valence-electron chi connectivity index (χ1n) is 3.33. The Balaban J connectivity index is 2.82. The molecule has 2 rings (SSSR count). The molecule has 0 fully saturated rings. The first kappa shape index (κ1) is 6.40. The summed E-state index contributed by atoms with van der Waals surface area (Å²) in [5, 5.41) is 0. The fourth-order valence-electron chi connectivity index (χ4n) is 1.04. The predicted molar refractivity (Wildman–Crippen MR) is 44.0 cm³/mol. The van der Waals surface area contributed by atoms with Crippen molar-refractivity contribution in [2.75, 3.05) is 0 Å². The maximum atomic E-state index is 5.45. The number of hydrogen-bond acceptors (Lipinski definition) is 2. The van der Waals surface area contributed by atoms with Gasteiger partial charge < -0.3 is 4.98 Å². The maximum Gasteiger partial charge on any atom is 0.156 e. The molecule has 2 radical (unpaired) electrons. The number of rotatable bonds is 0. The van der Waals surface area contributed by atoms with Crippen LogP contribution in [-0.4, -0.2) is 22.8 Å². The standard InChI is InChI=1S/C7H6BN3/c1-4-2-5-7(10-4)9-3-6(8)11-5/h2-3H,1H3,(H,9,10). The zero-order chi connectivity index (χ0) is 7.84. The van der Waals surface area contributed by atoms with Crippen LogP contribution in [0.25, 0.3) is 11.2 Å². The molecule has 0 aliphatic heterocycles. The summed E-state index contributed by atoms with van der Waals surface area (Å²) in [5.41, 5.74) is 3.11. The minimum atomic E-state index is 0.455. The van der Waals surface area contributed by atoms with Gasteiger partial charge in [0.1, 0.15) is 13.4 Å². The van der Waals surface area contributed by atoms with Crippen molar-refractivity contribution >= 4 is 24.6 Å². The molecule has 2 heterocycles. The maximum absolute atomic E-state index is 5.45. The number of nitrogens with one attached hydrogen (secondary N) is 1. The van der Waals surface area contributed by atoms with E-state index in [0.717, 1.165) is 16.9 Å². The second-order valence-corrected chi connectivity index (χ2v) is 2.48. The van der Waals surface area contributed by atoms with Gasteiger partial charge in [-0.1, -0.05) is 0 Å². The number of H-pyrrole nitrogens is 1. The number of aromatic nitrogens is 3. The summed E-state index contributed by atoms with van der Waals surface area (Å²) < 4.78 is 0. The number of nitrogens with zero attached hydrogens (tertiary/aromatic N) is 2. The highest BCUT2D eigenvalue weighted by atomic mass is 14.9. The molecule has 1 N–H and O–H groups in total. The first-order chi connectivity index (χ1) is 5.25. The SMILES string of the molecule is [B]c1cnc2[nH]c(C)cc2n1. The van der Waals surface area contributed by atoms with Crippen molar-refractivity contribution in [3.05, 3.63) is 18.0 Å². The van der Waals surface area contributed by atoms with Crippen molar-refractivity contribution in [1.82, 2.24) is 15.0 Å². The molecule has 0 bridgehead atoms. The molecule has 3 nitrogen and oxygen atoms in total. The Bertz CT molecular complexity index is 393. The number of fused-ring (bicyclic) bond motifs is 1. The van der Waals surface area contributed by atoms with E-state index >= 15 is 0 Å². The lowest BCUT2D eigenvalue weighted by molar-refractivity contribution is 1.24. The van der Waals surface area contributed by atoms with Crippen LogP contribution in [0.15, 0.2) is 12.3 Å². The topological polar surface area (TPSA) is 41.6 Å². The Morgan fingerprint density at radius 3 is 3.18 bits per heavy atom. The minimum Gasteiger partial charge on any atom is -0.342 e. The molecule has 0 saturated heterocycles. The van der Waals surface area contributed by atoms with Crippen molar-refractivity contribution in [3.63, 3.8) is 0 Å². The van der Waals surface area contributed by atoms with E-state index in [2.05, 4.69) is 15.0 Å². The largest absolute Gasteiger partial charge is 0.342 e. The van der Waals surface area contributed by atoms with E-state index in [1.807, 2.05) is 13.0 Å². The van der Waals surface area contributed by atoms with E-state index in [9.17, 15) is 0 Å². The summed E-state index contributed by atoms with van der Waals surface area (Å²) in [6, 6.07) is 1.92. The molecule has 11 heavy (non-hydrogen) atoms. The van der Waals surface area contributed by atoms with Crippen LogP contribution >= 0.6 is 0 Å². The number of hydrogen-bond donors (Lipinski definition) is 1. The van der Waals surface area contributed by atoms with E-state index < -0.39 is 0 Å². The van der Waals surface area contributed by atoms with Crippen molar-refractivity contribution in [2.45, 2.75) is 6.92 Å². The van der Waals surface area contributed by atoms with Gasteiger partial charge >= 0.3 is 0 Å². The Morgan fingerprint density at radius 1 is 1.55 bits per heavy atom. The lowest BCUT2D eigenvalue weighted by Crippen LogP contribution is -2.07. The summed E-state index contributed by atoms with van der Waals surface area (Å²) in [6.07, 6.45) is 1.54. The van der Waals surface area contributed by atoms with Crippen LogP contribution in [0.3, 0.4) is 0 Å². The third-order valence-electron chi connectivity index (χ3n) is 1.49. The molecule has 0 aliphatic carbocycles. The smallest absolute Gasteiger partial charge is 0.156 e. The van der Waals surface area contributed by atoms with E-state index in [1.54, 1.807) is 0 Å². The molecule has 4 heteroatoms. The van der Waals surface area contributed by atoms with Crippen LogP contribution < -0.4 is 5.59 Å². The van der Waals surface area contributed by atoms with E-state index in [4.69, 9.17) is 7.85 Å². The Kier molecular flexibility index (Phi) is 1.21. The van der Waals surface area contributed by atoms with E-state index in [1.165, 1.54) is 6.20 Å². The highest BCUT2D eigenvalue weighted by molar-refractivity contribution is 6.30. The van der Waals surface area contributed by atoms with Gasteiger partial charge in [-0.05, 0) is 13.0 Å². The first-order valence-corrected chi connectivity index (χ1v) is 3.33. The molecule has 0 spiro atoms. The second-order valence-electron chi connectivity index (χ2n) is 2.48. The van der Waals surface area contributed by atoms with Gasteiger partial charge in [-0.2, -0.15) is 0 Å². The lowest BCUT2D eigenvalue weighted by atomic mass is 10.1. The molecular weight excluding hydrogens is 137 g/mol. The molecule has 2 aromatic rings. The molecule has 52 valence electrons. The van der Waals surface area contributed by atoms with Crippen molar-refractivity contribution in [1.29, 1.82) is 0 Å². The average Bonchev–Trinajstić information content (AvgIpc) is 2.27. The molecule has 0 amide bonds. The predicted octanol–water partition coefficient (Wildman–Crippen LogP) is 0.0601. The van der Waals surface area contributed by atoms with Gasteiger partial charge in [-0.3, -0.25) is 4.98 Å². The minimum absolute atomic E-state index is 0.455. The van der Waals surface area contributed by atoms with Crippen molar-refractivity contribution in [2.24, 2.45) is 0 Å².